The molecule has 0 radical (unpaired) electrons. The molecule has 2 heterocycles. The lowest BCUT2D eigenvalue weighted by Crippen LogP contribution is -2.48. The number of hydrogen-bond donors (Lipinski definition) is 2. The molecule has 1 aromatic heterocycles. The van der Waals surface area contributed by atoms with Gasteiger partial charge in [-0.2, -0.15) is 10.1 Å². The maximum atomic E-state index is 11.4. The molecule has 1 aliphatic rings. The third-order valence-corrected chi connectivity index (χ3v) is 4.01. The van der Waals surface area contributed by atoms with E-state index in [1.54, 1.807) is 18.0 Å². The Morgan fingerprint density at radius 1 is 1.08 bits per heavy atom. The first kappa shape index (κ1) is 17.6. The summed E-state index contributed by atoms with van der Waals surface area (Å²) in [5, 5.41) is 14.0. The molecule has 0 aliphatic carbocycles. The van der Waals surface area contributed by atoms with Gasteiger partial charge in [-0.05, 0) is 18.2 Å². The van der Waals surface area contributed by atoms with Crippen LogP contribution in [0.2, 0.25) is 0 Å². The first-order valence-electron chi connectivity index (χ1n) is 8.36. The van der Waals surface area contributed by atoms with E-state index in [1.165, 1.54) is 6.92 Å². The molecule has 1 fully saturated rings. The van der Waals surface area contributed by atoms with E-state index in [2.05, 4.69) is 25.8 Å². The third kappa shape index (κ3) is 4.44. The highest BCUT2D eigenvalue weighted by Crippen LogP contribution is 2.20. The molecule has 0 spiro atoms. The normalized spacial score (nSPS) is 14.1. The van der Waals surface area contributed by atoms with Crippen molar-refractivity contribution in [2.24, 2.45) is 0 Å². The summed E-state index contributed by atoms with van der Waals surface area (Å²) >= 11 is 0. The number of rotatable bonds is 4. The van der Waals surface area contributed by atoms with E-state index >= 15 is 0 Å². The quantitative estimate of drug-likeness (QED) is 0.850. The average Bonchev–Trinajstić information content (AvgIpc) is 2.62. The predicted octanol–water partition coefficient (Wildman–Crippen LogP) is 1.24. The van der Waals surface area contributed by atoms with Crippen molar-refractivity contribution >= 4 is 35.0 Å². The van der Waals surface area contributed by atoms with Crippen LogP contribution < -0.4 is 15.5 Å². The molecule has 1 aliphatic heterocycles. The first-order chi connectivity index (χ1) is 12.5. The van der Waals surface area contributed by atoms with Crippen molar-refractivity contribution in [3.05, 3.63) is 30.5 Å². The molecule has 9 nitrogen and oxygen atoms in total. The van der Waals surface area contributed by atoms with Crippen molar-refractivity contribution in [3.8, 4) is 0 Å². The number of piperazine rings is 1. The Balaban J connectivity index is 1.68. The first-order valence-corrected chi connectivity index (χ1v) is 8.36. The van der Waals surface area contributed by atoms with Crippen LogP contribution in [0, 0.1) is 0 Å². The molecule has 2 aromatic rings. The molecular weight excluding hydrogens is 334 g/mol. The number of anilines is 4. The molecule has 2 N–H and O–H groups in total. The van der Waals surface area contributed by atoms with Crippen LogP contribution in [0.1, 0.15) is 13.8 Å². The largest absolute Gasteiger partial charge is 0.339 e. The second-order valence-electron chi connectivity index (χ2n) is 6.02. The summed E-state index contributed by atoms with van der Waals surface area (Å²) in [6.45, 7) is 5.68. The predicted molar refractivity (Wildman–Crippen MR) is 98.3 cm³/mol. The molecular formula is C17H21N7O2. The maximum absolute atomic E-state index is 11.4. The molecule has 136 valence electrons. The van der Waals surface area contributed by atoms with Crippen LogP contribution in [0.25, 0.3) is 0 Å². The Hall–Kier alpha value is -3.23. The topological polar surface area (TPSA) is 103 Å². The van der Waals surface area contributed by atoms with E-state index in [1.807, 2.05) is 29.2 Å². The fourth-order valence-electron chi connectivity index (χ4n) is 2.74. The van der Waals surface area contributed by atoms with Crippen LogP contribution in [0.3, 0.4) is 0 Å². The number of hydrogen-bond acceptors (Lipinski definition) is 7. The van der Waals surface area contributed by atoms with E-state index < -0.39 is 0 Å². The van der Waals surface area contributed by atoms with Gasteiger partial charge in [0.1, 0.15) is 0 Å². The second-order valence-corrected chi connectivity index (χ2v) is 6.02. The Morgan fingerprint density at radius 2 is 1.81 bits per heavy atom. The van der Waals surface area contributed by atoms with Gasteiger partial charge in [-0.15, -0.1) is 5.10 Å². The Morgan fingerprint density at radius 3 is 2.50 bits per heavy atom. The van der Waals surface area contributed by atoms with E-state index in [4.69, 9.17) is 0 Å². The van der Waals surface area contributed by atoms with Gasteiger partial charge in [-0.25, -0.2) is 0 Å². The fraction of sp³-hybridized carbons (Fsp3) is 0.353. The second kappa shape index (κ2) is 7.77. The number of amides is 2. The van der Waals surface area contributed by atoms with Crippen molar-refractivity contribution in [2.45, 2.75) is 13.8 Å². The molecule has 3 rings (SSSR count). The van der Waals surface area contributed by atoms with E-state index in [0.717, 1.165) is 5.69 Å². The smallest absolute Gasteiger partial charge is 0.247 e. The van der Waals surface area contributed by atoms with Crippen molar-refractivity contribution in [1.82, 2.24) is 20.1 Å². The Kier molecular flexibility index (Phi) is 5.26. The minimum absolute atomic E-state index is 0.0816. The summed E-state index contributed by atoms with van der Waals surface area (Å²) in [7, 11) is 0. The van der Waals surface area contributed by atoms with Crippen LogP contribution in [0.5, 0.6) is 0 Å². The number of carbonyl (C=O) groups is 2. The fourth-order valence-corrected chi connectivity index (χ4v) is 2.74. The number of nitrogens with one attached hydrogen (secondary N) is 2. The molecule has 26 heavy (non-hydrogen) atoms. The minimum atomic E-state index is -0.127. The van der Waals surface area contributed by atoms with Gasteiger partial charge in [0.05, 0.1) is 6.20 Å². The molecule has 0 bridgehead atoms. The van der Waals surface area contributed by atoms with Crippen LogP contribution in [-0.2, 0) is 9.59 Å². The van der Waals surface area contributed by atoms with Crippen LogP contribution >= 0.6 is 0 Å². The van der Waals surface area contributed by atoms with E-state index in [9.17, 15) is 9.59 Å². The summed E-state index contributed by atoms with van der Waals surface area (Å²) in [6, 6.07) is 7.34. The molecule has 9 heteroatoms. The molecule has 0 saturated carbocycles. The lowest BCUT2D eigenvalue weighted by molar-refractivity contribution is -0.129. The van der Waals surface area contributed by atoms with Gasteiger partial charge in [0, 0.05) is 51.4 Å². The van der Waals surface area contributed by atoms with Crippen LogP contribution in [0.15, 0.2) is 30.5 Å². The van der Waals surface area contributed by atoms with Crippen LogP contribution in [0.4, 0.5) is 23.1 Å². The Labute approximate surface area is 151 Å². The van der Waals surface area contributed by atoms with Gasteiger partial charge in [0.15, 0.2) is 5.82 Å². The number of nitrogens with zero attached hydrogens (tertiary/aromatic N) is 5. The van der Waals surface area contributed by atoms with Gasteiger partial charge < -0.3 is 20.4 Å². The summed E-state index contributed by atoms with van der Waals surface area (Å²) < 4.78 is 0. The van der Waals surface area contributed by atoms with E-state index in [0.29, 0.717) is 43.6 Å². The van der Waals surface area contributed by atoms with Gasteiger partial charge in [-0.3, -0.25) is 9.59 Å². The molecule has 0 atom stereocenters. The van der Waals surface area contributed by atoms with Crippen LogP contribution in [-0.4, -0.2) is 58.1 Å². The van der Waals surface area contributed by atoms with Crippen molar-refractivity contribution < 1.29 is 9.59 Å². The lowest BCUT2D eigenvalue weighted by Gasteiger charge is -2.33. The van der Waals surface area contributed by atoms with Gasteiger partial charge in [0.2, 0.25) is 17.8 Å². The zero-order valence-electron chi connectivity index (χ0n) is 14.8. The summed E-state index contributed by atoms with van der Waals surface area (Å²) in [5.74, 6) is 1.04. The number of benzene rings is 1. The zero-order chi connectivity index (χ0) is 18.5. The van der Waals surface area contributed by atoms with Gasteiger partial charge in [-0.1, -0.05) is 6.07 Å². The third-order valence-electron chi connectivity index (χ3n) is 4.01. The number of carbonyl (C=O) groups excluding carboxylic acids is 2. The van der Waals surface area contributed by atoms with E-state index in [-0.39, 0.29) is 11.8 Å². The van der Waals surface area contributed by atoms with Crippen molar-refractivity contribution in [3.63, 3.8) is 0 Å². The average molecular weight is 355 g/mol. The lowest BCUT2D eigenvalue weighted by atomic mass is 10.2. The van der Waals surface area contributed by atoms with Gasteiger partial charge >= 0.3 is 0 Å². The van der Waals surface area contributed by atoms with Crippen molar-refractivity contribution in [1.29, 1.82) is 0 Å². The SMILES string of the molecule is CC(=O)Nc1cccc(Nc2cnnc(N3CCN(C(C)=O)CC3)n2)c1. The molecule has 1 aromatic carbocycles. The highest BCUT2D eigenvalue weighted by atomic mass is 16.2. The monoisotopic (exact) mass is 355 g/mol. The maximum Gasteiger partial charge on any atom is 0.247 e. The highest BCUT2D eigenvalue weighted by Gasteiger charge is 2.20. The standard InChI is InChI=1S/C17H21N7O2/c1-12(25)19-14-4-3-5-15(10-14)20-16-11-18-22-17(21-16)24-8-6-23(7-9-24)13(2)26/h3-5,10-11H,6-9H2,1-2H3,(H,19,25)(H,20,21,22). The Bertz CT molecular complexity index is 803. The minimum Gasteiger partial charge on any atom is -0.339 e. The van der Waals surface area contributed by atoms with Crippen molar-refractivity contribution in [2.75, 3.05) is 41.7 Å². The summed E-state index contributed by atoms with van der Waals surface area (Å²) in [5.41, 5.74) is 1.48. The van der Waals surface area contributed by atoms with Gasteiger partial charge in [0.25, 0.3) is 0 Å². The summed E-state index contributed by atoms with van der Waals surface area (Å²) in [6.07, 6.45) is 1.54. The highest BCUT2D eigenvalue weighted by molar-refractivity contribution is 5.89. The molecule has 0 unspecified atom stereocenters. The zero-order valence-corrected chi connectivity index (χ0v) is 14.8. The molecule has 2 amide bonds. The molecule has 1 saturated heterocycles. The summed E-state index contributed by atoms with van der Waals surface area (Å²) in [4.78, 5) is 30.9. The number of aromatic nitrogens is 3.